The molecular formula is C8H10BrMgN. The van der Waals surface area contributed by atoms with Gasteiger partial charge in [-0.05, 0) is 0 Å². The number of hydrogen-bond acceptors (Lipinski definition) is 0. The Morgan fingerprint density at radius 2 is 1.73 bits per heavy atom. The van der Waals surface area contributed by atoms with E-state index in [2.05, 4.69) is 5.32 Å². The van der Waals surface area contributed by atoms with Crippen LogP contribution in [0.5, 0.6) is 0 Å². The van der Waals surface area contributed by atoms with E-state index >= 15 is 0 Å². The predicted molar refractivity (Wildman–Crippen MR) is 45.8 cm³/mol. The van der Waals surface area contributed by atoms with E-state index in [0.717, 1.165) is 12.2 Å². The molecule has 56 valence electrons. The Morgan fingerprint density at radius 1 is 1.18 bits per heavy atom. The maximum absolute atomic E-state index is 4.21. The third-order valence-electron chi connectivity index (χ3n) is 1.10. The maximum atomic E-state index is 4.21. The molecule has 11 heavy (non-hydrogen) atoms. The topological polar surface area (TPSA) is 14.1 Å². The van der Waals surface area contributed by atoms with Crippen LogP contribution >= 0.6 is 0 Å². The molecule has 0 unspecified atom stereocenters. The van der Waals surface area contributed by atoms with Crippen LogP contribution < -0.4 is 17.0 Å². The molecule has 0 aliphatic carbocycles. The standard InChI is InChI=1S/C8H10N.BrH.Mg/c1-2-9-8-6-4-3-5-7-8;;/h3-7H,2H2,1H3;1H;/q-1;;+2/p-1. The van der Waals surface area contributed by atoms with Crippen molar-refractivity contribution in [2.75, 3.05) is 6.54 Å². The molecule has 0 spiro atoms. The molecule has 0 bridgehead atoms. The Morgan fingerprint density at radius 3 is 2.18 bits per heavy atom. The summed E-state index contributed by atoms with van der Waals surface area (Å²) in [7, 11) is 0. The first-order chi connectivity index (χ1) is 4.43. The molecule has 0 saturated heterocycles. The fraction of sp³-hybridized carbons (Fsp3) is 0.250. The summed E-state index contributed by atoms with van der Waals surface area (Å²) in [5.41, 5.74) is 1.07. The maximum Gasteiger partial charge on any atom is 2.00 e. The largest absolute Gasteiger partial charge is 2.00 e. The quantitative estimate of drug-likeness (QED) is 0.592. The molecule has 0 aliphatic heterocycles. The summed E-state index contributed by atoms with van der Waals surface area (Å²) in [6.07, 6.45) is 0. The fourth-order valence-electron chi connectivity index (χ4n) is 0.716. The van der Waals surface area contributed by atoms with E-state index < -0.39 is 0 Å². The number of para-hydroxylation sites is 1. The third kappa shape index (κ3) is 5.53. The summed E-state index contributed by atoms with van der Waals surface area (Å²) in [5.74, 6) is 0. The number of nitrogens with zero attached hydrogens (tertiary/aromatic N) is 1. The van der Waals surface area contributed by atoms with Gasteiger partial charge >= 0.3 is 23.1 Å². The summed E-state index contributed by atoms with van der Waals surface area (Å²) in [5, 5.41) is 4.21. The van der Waals surface area contributed by atoms with E-state index in [1.165, 1.54) is 0 Å². The molecule has 1 rings (SSSR count). The molecule has 0 atom stereocenters. The normalized spacial score (nSPS) is 7.36. The second-order valence-corrected chi connectivity index (χ2v) is 1.81. The van der Waals surface area contributed by atoms with Gasteiger partial charge in [-0.1, -0.05) is 37.3 Å². The van der Waals surface area contributed by atoms with E-state index in [0.29, 0.717) is 0 Å². The molecule has 1 aromatic rings. The van der Waals surface area contributed by atoms with Crippen molar-refractivity contribution in [2.45, 2.75) is 6.92 Å². The molecule has 1 nitrogen and oxygen atoms in total. The van der Waals surface area contributed by atoms with Gasteiger partial charge in [0.05, 0.1) is 0 Å². The molecule has 0 aliphatic rings. The van der Waals surface area contributed by atoms with Gasteiger partial charge in [0.15, 0.2) is 0 Å². The molecule has 1 aromatic carbocycles. The van der Waals surface area contributed by atoms with Gasteiger partial charge in [0.2, 0.25) is 0 Å². The SMILES string of the molecule is CC[N-]c1ccccc1.[Br-].[Mg+2]. The minimum absolute atomic E-state index is 0. The summed E-state index contributed by atoms with van der Waals surface area (Å²) in [6, 6.07) is 9.99. The first-order valence-electron chi connectivity index (χ1n) is 3.16. The van der Waals surface area contributed by atoms with Gasteiger partial charge in [-0.2, -0.15) is 0 Å². The molecule has 3 heteroatoms. The number of hydrogen-bond donors (Lipinski definition) is 0. The van der Waals surface area contributed by atoms with Crippen molar-refractivity contribution in [2.24, 2.45) is 0 Å². The van der Waals surface area contributed by atoms with Gasteiger partial charge in [-0.15, -0.1) is 12.2 Å². The molecule has 0 saturated carbocycles. The van der Waals surface area contributed by atoms with Crippen LogP contribution in [0.2, 0.25) is 0 Å². The number of halogens is 1. The average Bonchev–Trinajstić information content (AvgIpc) is 1.91. The van der Waals surface area contributed by atoms with E-state index in [4.69, 9.17) is 0 Å². The van der Waals surface area contributed by atoms with E-state index in [1.807, 2.05) is 37.3 Å². The van der Waals surface area contributed by atoms with Crippen LogP contribution in [0, 0.1) is 0 Å². The molecule has 0 heterocycles. The van der Waals surface area contributed by atoms with E-state index in [-0.39, 0.29) is 40.0 Å². The van der Waals surface area contributed by atoms with Crippen molar-refractivity contribution in [1.82, 2.24) is 0 Å². The Hall–Kier alpha value is 0.266. The van der Waals surface area contributed by atoms with Crippen LogP contribution in [0.25, 0.3) is 5.32 Å². The van der Waals surface area contributed by atoms with E-state index in [9.17, 15) is 0 Å². The van der Waals surface area contributed by atoms with Gasteiger partial charge in [-0.25, -0.2) is 0 Å². The van der Waals surface area contributed by atoms with Crippen LogP contribution in [0.1, 0.15) is 6.92 Å². The Kier molecular flexibility index (Phi) is 10.5. The van der Waals surface area contributed by atoms with Crippen molar-refractivity contribution < 1.29 is 17.0 Å². The van der Waals surface area contributed by atoms with Crippen LogP contribution in [0.4, 0.5) is 5.69 Å². The van der Waals surface area contributed by atoms with Crippen LogP contribution in [0.3, 0.4) is 0 Å². The van der Waals surface area contributed by atoms with Gasteiger partial charge in [0.1, 0.15) is 0 Å². The van der Waals surface area contributed by atoms with Crippen LogP contribution in [-0.4, -0.2) is 29.6 Å². The Bertz CT molecular complexity index is 167. The second-order valence-electron chi connectivity index (χ2n) is 1.81. The molecule has 0 fully saturated rings. The van der Waals surface area contributed by atoms with Crippen molar-refractivity contribution in [3.8, 4) is 0 Å². The summed E-state index contributed by atoms with van der Waals surface area (Å²) in [4.78, 5) is 0. The minimum atomic E-state index is 0. The zero-order valence-electron chi connectivity index (χ0n) is 6.63. The molecule has 0 amide bonds. The number of rotatable bonds is 2. The average molecular weight is 224 g/mol. The summed E-state index contributed by atoms with van der Waals surface area (Å²) < 4.78 is 0. The van der Waals surface area contributed by atoms with Crippen molar-refractivity contribution in [1.29, 1.82) is 0 Å². The monoisotopic (exact) mass is 223 g/mol. The molecular weight excluding hydrogens is 214 g/mol. The zero-order valence-corrected chi connectivity index (χ0v) is 9.63. The molecule has 0 radical (unpaired) electrons. The number of benzene rings is 1. The molecule has 0 aromatic heterocycles. The van der Waals surface area contributed by atoms with E-state index in [1.54, 1.807) is 0 Å². The van der Waals surface area contributed by atoms with Gasteiger partial charge in [0.25, 0.3) is 0 Å². The van der Waals surface area contributed by atoms with Crippen molar-refractivity contribution in [3.05, 3.63) is 35.6 Å². The zero-order chi connectivity index (χ0) is 6.53. The van der Waals surface area contributed by atoms with Crippen molar-refractivity contribution in [3.63, 3.8) is 0 Å². The Labute approximate surface area is 94.5 Å². The van der Waals surface area contributed by atoms with Crippen LogP contribution in [0.15, 0.2) is 30.3 Å². The van der Waals surface area contributed by atoms with Gasteiger partial charge in [0, 0.05) is 0 Å². The predicted octanol–water partition coefficient (Wildman–Crippen LogP) is -0.665. The first kappa shape index (κ1) is 13.8. The first-order valence-corrected chi connectivity index (χ1v) is 3.16. The van der Waals surface area contributed by atoms with Gasteiger partial charge in [-0.3, -0.25) is 0 Å². The van der Waals surface area contributed by atoms with Gasteiger partial charge < -0.3 is 22.3 Å². The smallest absolute Gasteiger partial charge is 1.00 e. The minimum Gasteiger partial charge on any atom is -1.00 e. The Balaban J connectivity index is 0. The fourth-order valence-corrected chi connectivity index (χ4v) is 0.716. The summed E-state index contributed by atoms with van der Waals surface area (Å²) >= 11 is 0. The van der Waals surface area contributed by atoms with Crippen LogP contribution in [-0.2, 0) is 0 Å². The second kappa shape index (κ2) is 8.36. The third-order valence-corrected chi connectivity index (χ3v) is 1.10. The molecule has 0 N–H and O–H groups in total. The van der Waals surface area contributed by atoms with Crippen molar-refractivity contribution >= 4 is 28.7 Å². The summed E-state index contributed by atoms with van der Waals surface area (Å²) in [6.45, 7) is 2.90.